The van der Waals surface area contributed by atoms with Crippen LogP contribution < -0.4 is 31.1 Å². The third-order valence-electron chi connectivity index (χ3n) is 13.5. The van der Waals surface area contributed by atoms with Gasteiger partial charge in [0.25, 0.3) is 11.8 Å². The summed E-state index contributed by atoms with van der Waals surface area (Å²) in [6.07, 6.45) is 6.47. The van der Waals surface area contributed by atoms with Gasteiger partial charge in [-0.25, -0.2) is 14.8 Å². The molecule has 78 heavy (non-hydrogen) atoms. The first kappa shape index (κ1) is 55.0. The third kappa shape index (κ3) is 11.9. The molecule has 1 saturated heterocycles. The lowest BCUT2D eigenvalue weighted by Crippen LogP contribution is -2.42. The number of primary amides is 2. The zero-order valence-corrected chi connectivity index (χ0v) is 46.8. The van der Waals surface area contributed by atoms with Crippen molar-refractivity contribution in [1.29, 1.82) is 0 Å². The molecular weight excluding hydrogens is 1040 g/mol. The Hall–Kier alpha value is -7.77. The number of nitrogens with two attached hydrogens (primary N) is 2. The number of carbonyl (C=O) groups excluding carboxylic acids is 5. The molecule has 23 nitrogen and oxygen atoms in total. The van der Waals surface area contributed by atoms with Crippen molar-refractivity contribution in [3.8, 4) is 11.5 Å². The van der Waals surface area contributed by atoms with Crippen LogP contribution >= 0.6 is 22.7 Å². The van der Waals surface area contributed by atoms with Gasteiger partial charge in [0, 0.05) is 56.3 Å². The Kier molecular flexibility index (Phi) is 16.3. The highest BCUT2D eigenvalue weighted by Crippen LogP contribution is 2.34. The Morgan fingerprint density at radius 3 is 2.28 bits per heavy atom. The van der Waals surface area contributed by atoms with Crippen molar-refractivity contribution in [2.45, 2.75) is 118 Å². The quantitative estimate of drug-likeness (QED) is 0.0624. The number of nitrogens with one attached hydrogen (secondary N) is 1. The Morgan fingerprint density at radius 1 is 0.872 bits per heavy atom. The van der Waals surface area contributed by atoms with E-state index in [-0.39, 0.29) is 42.2 Å². The number of methoxy groups -OCH3 is 1. The van der Waals surface area contributed by atoms with Crippen molar-refractivity contribution < 1.29 is 38.2 Å². The molecule has 0 aliphatic carbocycles. The maximum atomic E-state index is 14.0. The number of hydrogen-bond acceptors (Lipinski definition) is 16. The molecule has 0 bridgehead atoms. The van der Waals surface area contributed by atoms with E-state index in [0.717, 1.165) is 49.1 Å². The van der Waals surface area contributed by atoms with Gasteiger partial charge < -0.3 is 44.3 Å². The first-order valence-corrected chi connectivity index (χ1v) is 27.6. The van der Waals surface area contributed by atoms with Crippen molar-refractivity contribution >= 4 is 79.6 Å². The molecule has 2 aliphatic rings. The predicted octanol–water partition coefficient (Wildman–Crippen LogP) is 6.35. The number of ether oxygens (including phenoxy) is 3. The second-order valence-electron chi connectivity index (χ2n) is 20.2. The van der Waals surface area contributed by atoms with Crippen molar-refractivity contribution in [2.24, 2.45) is 16.5 Å². The average molecular weight is 1100 g/mol. The van der Waals surface area contributed by atoms with Crippen molar-refractivity contribution in [1.82, 2.24) is 53.4 Å². The molecule has 2 aromatic carbocycles. The summed E-state index contributed by atoms with van der Waals surface area (Å²) in [5.74, 6) is 0.703. The highest BCUT2D eigenvalue weighted by molar-refractivity contribution is 7.16. The monoisotopic (exact) mass is 1100 g/mol. The largest absolute Gasteiger partial charge is 0.494 e. The van der Waals surface area contributed by atoms with Crippen LogP contribution in [0.1, 0.15) is 129 Å². The summed E-state index contributed by atoms with van der Waals surface area (Å²) in [6.45, 7) is 18.2. The number of imidazole rings is 1. The molecule has 0 radical (unpaired) electrons. The zero-order valence-electron chi connectivity index (χ0n) is 45.1. The molecule has 2 aliphatic heterocycles. The van der Waals surface area contributed by atoms with Crippen LogP contribution in [0.3, 0.4) is 0 Å². The van der Waals surface area contributed by atoms with Crippen LogP contribution in [-0.2, 0) is 43.9 Å². The molecule has 0 unspecified atom stereocenters. The molecule has 0 saturated carbocycles. The normalized spacial score (nSPS) is 14.7. The fourth-order valence-electron chi connectivity index (χ4n) is 9.84. The van der Waals surface area contributed by atoms with Crippen LogP contribution in [0.4, 0.5) is 10.7 Å². The number of aryl methyl sites for hydroxylation is 4. The second-order valence-corrected chi connectivity index (χ2v) is 22.4. The fourth-order valence-corrected chi connectivity index (χ4v) is 11.8. The van der Waals surface area contributed by atoms with Crippen LogP contribution in [-0.4, -0.2) is 129 Å². The lowest BCUT2D eigenvalue weighted by molar-refractivity contribution is 0.0193. The second kappa shape index (κ2) is 23.1. The predicted molar refractivity (Wildman–Crippen MR) is 294 cm³/mol. The van der Waals surface area contributed by atoms with E-state index in [4.69, 9.17) is 30.7 Å². The lowest BCUT2D eigenvalue weighted by atomic mass is 9.95. The van der Waals surface area contributed by atoms with Crippen LogP contribution in [0.5, 0.6) is 11.5 Å². The SMILES string of the molecule is CCc1nc(C)sc1C(=O)N=c1sc2cc(C(N)=O)cc(OCCCN3CCC(c4nnc5n4CCN(C(=O)OC(C)(C)C)C5)CC3)c2n1C/C=C/Cn1c(NC(=O)c2cc(C)nn2CC)nc2cc(C(N)=O)cc(OC)c21. The van der Waals surface area contributed by atoms with Gasteiger partial charge in [-0.1, -0.05) is 30.4 Å². The summed E-state index contributed by atoms with van der Waals surface area (Å²) < 4.78 is 26.0. The number of allylic oxidation sites excluding steroid dienone is 2. The van der Waals surface area contributed by atoms with Gasteiger partial charge >= 0.3 is 6.09 Å². The van der Waals surface area contributed by atoms with Crippen molar-refractivity contribution in [2.75, 3.05) is 45.2 Å². The number of hydrogen-bond donors (Lipinski definition) is 3. The van der Waals surface area contributed by atoms with Gasteiger partial charge in [0.1, 0.15) is 44.5 Å². The van der Waals surface area contributed by atoms with Gasteiger partial charge in [0.15, 0.2) is 10.6 Å². The summed E-state index contributed by atoms with van der Waals surface area (Å²) in [5.41, 5.74) is 14.6. The number of amides is 5. The van der Waals surface area contributed by atoms with E-state index in [9.17, 15) is 24.0 Å². The molecule has 0 spiro atoms. The maximum Gasteiger partial charge on any atom is 0.410 e. The Morgan fingerprint density at radius 2 is 1.59 bits per heavy atom. The van der Waals surface area contributed by atoms with Crippen LogP contribution in [0.25, 0.3) is 21.3 Å². The standard InChI is InChI=1S/C53H65N15O8S2/c1-9-35-44(77-31(4)56-35)49(72)59-51-67(18-12-11-17-66-42-36(25-33(45(54)69)26-38(42)74-8)57-50(66)58-48(71)37-24-30(3)62-68(37)10-2)43-39(27-34(46(55)70)28-40(43)78-51)75-23-13-16-63-19-14-32(15-20-63)47-61-60-41-29-64(21-22-65(41)47)52(73)76-53(5,6)7/h11-12,24-28,32H,9-10,13-23,29H2,1-8H3,(H2,54,69)(H2,55,70)(H,57,58,71)/b12-11+,59-51?. The van der Waals surface area contributed by atoms with Gasteiger partial charge in [0.05, 0.1) is 46.9 Å². The minimum absolute atomic E-state index is 0.167. The van der Waals surface area contributed by atoms with E-state index in [1.165, 1.54) is 35.8 Å². The number of carbonyl (C=O) groups is 5. The number of rotatable bonds is 18. The first-order chi connectivity index (χ1) is 37.3. The van der Waals surface area contributed by atoms with Crippen molar-refractivity contribution in [3.63, 3.8) is 0 Å². The highest BCUT2D eigenvalue weighted by Gasteiger charge is 2.32. The van der Waals surface area contributed by atoms with E-state index in [1.54, 1.807) is 38.4 Å². The highest BCUT2D eigenvalue weighted by atomic mass is 32.1. The Labute approximate surface area is 457 Å². The fraction of sp³-hybridized carbons (Fsp3) is 0.453. The minimum atomic E-state index is -0.670. The number of thiazole rings is 2. The number of piperidine rings is 1. The summed E-state index contributed by atoms with van der Waals surface area (Å²) in [5, 5.41) is 17.2. The molecule has 412 valence electrons. The zero-order chi connectivity index (χ0) is 55.6. The van der Waals surface area contributed by atoms with Crippen LogP contribution in [0, 0.1) is 13.8 Å². The minimum Gasteiger partial charge on any atom is -0.494 e. The molecule has 1 fully saturated rings. The van der Waals surface area contributed by atoms with E-state index < -0.39 is 29.2 Å². The molecule has 5 aromatic heterocycles. The van der Waals surface area contributed by atoms with E-state index in [1.807, 2.05) is 65.2 Å². The number of aromatic nitrogens is 9. The summed E-state index contributed by atoms with van der Waals surface area (Å²) in [6, 6.07) is 8.09. The van der Waals surface area contributed by atoms with Gasteiger partial charge in [0.2, 0.25) is 17.8 Å². The molecule has 7 heterocycles. The van der Waals surface area contributed by atoms with Gasteiger partial charge in [-0.15, -0.1) is 21.5 Å². The van der Waals surface area contributed by atoms with Gasteiger partial charge in [-0.2, -0.15) is 10.1 Å². The smallest absolute Gasteiger partial charge is 0.410 e. The number of fused-ring (bicyclic) bond motifs is 3. The third-order valence-corrected chi connectivity index (χ3v) is 15.6. The maximum absolute atomic E-state index is 14.0. The molecule has 25 heteroatoms. The van der Waals surface area contributed by atoms with Crippen LogP contribution in [0.15, 0.2) is 47.5 Å². The van der Waals surface area contributed by atoms with E-state index in [0.29, 0.717) is 105 Å². The van der Waals surface area contributed by atoms with E-state index >= 15 is 0 Å². The molecule has 0 atom stereocenters. The van der Waals surface area contributed by atoms with Gasteiger partial charge in [-0.05, 0) is 111 Å². The van der Waals surface area contributed by atoms with E-state index in [2.05, 4.69) is 40.1 Å². The van der Waals surface area contributed by atoms with Gasteiger partial charge in [-0.3, -0.25) is 34.1 Å². The Bertz CT molecular complexity index is 3550. The molecule has 9 rings (SSSR count). The number of benzene rings is 2. The Balaban J connectivity index is 0.961. The number of anilines is 1. The number of likely N-dealkylation sites (tertiary alicyclic amines) is 1. The summed E-state index contributed by atoms with van der Waals surface area (Å²) in [7, 11) is 1.47. The van der Waals surface area contributed by atoms with Crippen LogP contribution in [0.2, 0.25) is 0 Å². The lowest BCUT2D eigenvalue weighted by Gasteiger charge is -2.33. The summed E-state index contributed by atoms with van der Waals surface area (Å²) >= 11 is 2.52. The molecule has 5 N–H and O–H groups in total. The average Bonchev–Trinajstić information content (AvgIpc) is 4.25. The molecule has 5 amide bonds. The molecule has 7 aromatic rings. The first-order valence-electron chi connectivity index (χ1n) is 26.0. The topological polar surface area (TPSA) is 280 Å². The summed E-state index contributed by atoms with van der Waals surface area (Å²) in [4.78, 5) is 84.7. The molecular formula is C53H65N15O8S2. The van der Waals surface area contributed by atoms with Crippen molar-refractivity contribution in [3.05, 3.63) is 97.0 Å². The number of nitrogens with zero attached hydrogens (tertiary/aromatic N) is 12.